The van der Waals surface area contributed by atoms with Crippen molar-refractivity contribution < 1.29 is 14.4 Å². The lowest BCUT2D eigenvalue weighted by Crippen LogP contribution is -2.04. The average Bonchev–Trinajstić information content (AvgIpc) is 2.62. The van der Waals surface area contributed by atoms with E-state index in [4.69, 9.17) is 9.47 Å². The van der Waals surface area contributed by atoms with Gasteiger partial charge in [-0.1, -0.05) is 6.92 Å². The van der Waals surface area contributed by atoms with Crippen LogP contribution < -0.4 is 14.9 Å². The minimum Gasteiger partial charge on any atom is -0.493 e. The smallest absolute Gasteiger partial charge is 0.269 e. The molecule has 0 saturated carbocycles. The Balaban J connectivity index is 2.21. The van der Waals surface area contributed by atoms with E-state index in [0.717, 1.165) is 11.3 Å². The predicted octanol–water partition coefficient (Wildman–Crippen LogP) is 3.84. The second-order valence-corrected chi connectivity index (χ2v) is 4.90. The highest BCUT2D eigenvalue weighted by Crippen LogP contribution is 2.28. The molecule has 126 valence electrons. The van der Waals surface area contributed by atoms with Gasteiger partial charge in [0.2, 0.25) is 0 Å². The standard InChI is InChI=1S/C17H19N3O4/c1-4-15(12-5-10-16(23-2)17(11-12)24-3)19-18-13-6-8-14(9-7-13)20(21)22/h5-11,18H,4H2,1-3H3/b19-15+. The zero-order chi connectivity index (χ0) is 17.5. The van der Waals surface area contributed by atoms with Gasteiger partial charge in [0.15, 0.2) is 11.5 Å². The van der Waals surface area contributed by atoms with Crippen molar-refractivity contribution in [3.05, 3.63) is 58.1 Å². The number of nitro groups is 1. The highest BCUT2D eigenvalue weighted by Gasteiger charge is 2.09. The molecule has 0 fully saturated rings. The van der Waals surface area contributed by atoms with Crippen molar-refractivity contribution in [1.29, 1.82) is 0 Å². The van der Waals surface area contributed by atoms with Crippen LogP contribution in [0.1, 0.15) is 18.9 Å². The van der Waals surface area contributed by atoms with E-state index in [9.17, 15) is 10.1 Å². The summed E-state index contributed by atoms with van der Waals surface area (Å²) >= 11 is 0. The van der Waals surface area contributed by atoms with Crippen LogP contribution in [-0.4, -0.2) is 24.9 Å². The van der Waals surface area contributed by atoms with Gasteiger partial charge in [0.05, 0.1) is 30.5 Å². The number of nitrogens with zero attached hydrogens (tertiary/aromatic N) is 2. The van der Waals surface area contributed by atoms with Gasteiger partial charge in [-0.15, -0.1) is 0 Å². The zero-order valence-corrected chi connectivity index (χ0v) is 13.8. The number of ether oxygens (including phenoxy) is 2. The molecule has 2 rings (SSSR count). The number of anilines is 1. The highest BCUT2D eigenvalue weighted by molar-refractivity contribution is 6.01. The summed E-state index contributed by atoms with van der Waals surface area (Å²) in [5.41, 5.74) is 5.37. The summed E-state index contributed by atoms with van der Waals surface area (Å²) < 4.78 is 10.5. The SMILES string of the molecule is CC/C(=N\Nc1ccc([N+](=O)[O-])cc1)c1ccc(OC)c(OC)c1. The van der Waals surface area contributed by atoms with E-state index in [1.165, 1.54) is 12.1 Å². The van der Waals surface area contributed by atoms with Gasteiger partial charge in [-0.2, -0.15) is 5.10 Å². The van der Waals surface area contributed by atoms with Crippen LogP contribution >= 0.6 is 0 Å². The minimum atomic E-state index is -0.436. The fourth-order valence-corrected chi connectivity index (χ4v) is 2.15. The molecule has 0 aliphatic heterocycles. The van der Waals surface area contributed by atoms with Crippen LogP contribution in [0, 0.1) is 10.1 Å². The molecule has 0 atom stereocenters. The second kappa shape index (κ2) is 7.96. The first-order chi connectivity index (χ1) is 11.6. The molecule has 0 bridgehead atoms. The molecule has 2 aromatic carbocycles. The first kappa shape index (κ1) is 17.3. The van der Waals surface area contributed by atoms with E-state index in [2.05, 4.69) is 10.5 Å². The number of hydrogen-bond acceptors (Lipinski definition) is 6. The third kappa shape index (κ3) is 4.01. The monoisotopic (exact) mass is 329 g/mol. The molecule has 0 unspecified atom stereocenters. The predicted molar refractivity (Wildman–Crippen MR) is 93.1 cm³/mol. The Hall–Kier alpha value is -3.09. The van der Waals surface area contributed by atoms with Crippen molar-refractivity contribution in [1.82, 2.24) is 0 Å². The summed E-state index contributed by atoms with van der Waals surface area (Å²) in [4.78, 5) is 10.2. The van der Waals surface area contributed by atoms with Crippen LogP contribution in [-0.2, 0) is 0 Å². The molecule has 0 radical (unpaired) electrons. The topological polar surface area (TPSA) is 86.0 Å². The molecule has 0 spiro atoms. The molecule has 0 aliphatic rings. The molecule has 1 N–H and O–H groups in total. The summed E-state index contributed by atoms with van der Waals surface area (Å²) in [7, 11) is 3.17. The molecule has 0 aromatic heterocycles. The van der Waals surface area contributed by atoms with Gasteiger partial charge >= 0.3 is 0 Å². The average molecular weight is 329 g/mol. The van der Waals surface area contributed by atoms with Gasteiger partial charge in [0, 0.05) is 17.7 Å². The quantitative estimate of drug-likeness (QED) is 0.474. The van der Waals surface area contributed by atoms with Crippen molar-refractivity contribution in [2.45, 2.75) is 13.3 Å². The summed E-state index contributed by atoms with van der Waals surface area (Å²) in [6.45, 7) is 1.99. The van der Waals surface area contributed by atoms with E-state index in [-0.39, 0.29) is 5.69 Å². The first-order valence-corrected chi connectivity index (χ1v) is 7.38. The largest absolute Gasteiger partial charge is 0.493 e. The maximum atomic E-state index is 10.7. The van der Waals surface area contributed by atoms with Crippen molar-refractivity contribution in [3.63, 3.8) is 0 Å². The number of nitro benzene ring substituents is 1. The molecule has 0 saturated heterocycles. The zero-order valence-electron chi connectivity index (χ0n) is 13.8. The molecule has 24 heavy (non-hydrogen) atoms. The minimum absolute atomic E-state index is 0.0418. The van der Waals surface area contributed by atoms with Gasteiger partial charge in [-0.25, -0.2) is 0 Å². The first-order valence-electron chi connectivity index (χ1n) is 7.38. The van der Waals surface area contributed by atoms with Crippen molar-refractivity contribution >= 4 is 17.1 Å². The summed E-state index contributed by atoms with van der Waals surface area (Å²) in [6.07, 6.45) is 0.704. The molecule has 0 aliphatic carbocycles. The fraction of sp³-hybridized carbons (Fsp3) is 0.235. The third-order valence-corrected chi connectivity index (χ3v) is 3.45. The number of hydrogen-bond donors (Lipinski definition) is 1. The van der Waals surface area contributed by atoms with Gasteiger partial charge in [-0.05, 0) is 36.8 Å². The molecular weight excluding hydrogens is 310 g/mol. The lowest BCUT2D eigenvalue weighted by Gasteiger charge is -2.11. The van der Waals surface area contributed by atoms with Gasteiger partial charge in [0.1, 0.15) is 0 Å². The lowest BCUT2D eigenvalue weighted by atomic mass is 10.1. The molecule has 2 aromatic rings. The number of hydrazone groups is 1. The van der Waals surface area contributed by atoms with E-state index < -0.39 is 4.92 Å². The van der Waals surface area contributed by atoms with Gasteiger partial charge in [-0.3, -0.25) is 15.5 Å². The van der Waals surface area contributed by atoms with E-state index >= 15 is 0 Å². The number of rotatable bonds is 7. The highest BCUT2D eigenvalue weighted by atomic mass is 16.6. The molecule has 0 amide bonds. The molecule has 7 nitrogen and oxygen atoms in total. The van der Waals surface area contributed by atoms with Crippen LogP contribution in [0.3, 0.4) is 0 Å². The Labute approximate surface area is 140 Å². The van der Waals surface area contributed by atoms with E-state index in [1.54, 1.807) is 26.4 Å². The van der Waals surface area contributed by atoms with E-state index in [0.29, 0.717) is 23.6 Å². The third-order valence-electron chi connectivity index (χ3n) is 3.45. The lowest BCUT2D eigenvalue weighted by molar-refractivity contribution is -0.384. The van der Waals surface area contributed by atoms with Gasteiger partial charge in [0.25, 0.3) is 5.69 Å². The Bertz CT molecular complexity index is 742. The van der Waals surface area contributed by atoms with E-state index in [1.807, 2.05) is 25.1 Å². The maximum absolute atomic E-state index is 10.7. The van der Waals surface area contributed by atoms with Crippen molar-refractivity contribution in [2.24, 2.45) is 5.10 Å². The molecule has 0 heterocycles. The number of nitrogens with one attached hydrogen (secondary N) is 1. The van der Waals surface area contributed by atoms with Crippen molar-refractivity contribution in [3.8, 4) is 11.5 Å². The van der Waals surface area contributed by atoms with Crippen LogP contribution in [0.15, 0.2) is 47.6 Å². The van der Waals surface area contributed by atoms with Crippen LogP contribution in [0.2, 0.25) is 0 Å². The molecule has 7 heteroatoms. The fourth-order valence-electron chi connectivity index (χ4n) is 2.15. The Kier molecular flexibility index (Phi) is 5.73. The Morgan fingerprint density at radius 1 is 1.12 bits per heavy atom. The normalized spacial score (nSPS) is 11.0. The Morgan fingerprint density at radius 3 is 2.33 bits per heavy atom. The summed E-state index contributed by atoms with van der Waals surface area (Å²) in [6, 6.07) is 11.7. The molecular formula is C17H19N3O4. The number of non-ortho nitro benzene ring substituents is 1. The summed E-state index contributed by atoms with van der Waals surface area (Å²) in [5, 5.41) is 15.0. The van der Waals surface area contributed by atoms with Crippen LogP contribution in [0.25, 0.3) is 0 Å². The number of methoxy groups -OCH3 is 2. The number of benzene rings is 2. The van der Waals surface area contributed by atoms with Crippen LogP contribution in [0.5, 0.6) is 11.5 Å². The second-order valence-electron chi connectivity index (χ2n) is 4.90. The van der Waals surface area contributed by atoms with Crippen molar-refractivity contribution in [2.75, 3.05) is 19.6 Å². The van der Waals surface area contributed by atoms with Gasteiger partial charge < -0.3 is 9.47 Å². The Morgan fingerprint density at radius 2 is 1.79 bits per heavy atom. The van der Waals surface area contributed by atoms with Crippen LogP contribution in [0.4, 0.5) is 11.4 Å². The summed E-state index contributed by atoms with van der Waals surface area (Å²) in [5.74, 6) is 1.28. The maximum Gasteiger partial charge on any atom is 0.269 e.